The summed E-state index contributed by atoms with van der Waals surface area (Å²) in [5.74, 6) is 1.54. The van der Waals surface area contributed by atoms with Gasteiger partial charge in [0, 0.05) is 12.5 Å². The van der Waals surface area contributed by atoms with Crippen LogP contribution in [0.25, 0.3) is 0 Å². The summed E-state index contributed by atoms with van der Waals surface area (Å²) in [4.78, 5) is 12.1. The number of nitrogens with zero attached hydrogens (tertiary/aromatic N) is 3. The zero-order chi connectivity index (χ0) is 16.9. The van der Waals surface area contributed by atoms with Crippen molar-refractivity contribution in [2.24, 2.45) is 0 Å². The van der Waals surface area contributed by atoms with Gasteiger partial charge >= 0.3 is 0 Å². The van der Waals surface area contributed by atoms with Crippen LogP contribution in [0.15, 0.2) is 48.1 Å². The van der Waals surface area contributed by atoms with E-state index in [1.54, 1.807) is 6.08 Å². The number of nitrogens with one attached hydrogen (secondary N) is 1. The minimum absolute atomic E-state index is 0.0119. The van der Waals surface area contributed by atoms with E-state index in [1.165, 1.54) is 30.2 Å². The van der Waals surface area contributed by atoms with Gasteiger partial charge in [0.1, 0.15) is 5.82 Å². The van der Waals surface area contributed by atoms with E-state index >= 15 is 0 Å². The lowest BCUT2D eigenvalue weighted by Crippen LogP contribution is -2.31. The fourth-order valence-corrected chi connectivity index (χ4v) is 3.35. The molecule has 1 aromatic carbocycles. The normalized spacial score (nSPS) is 15.0. The Hall–Kier alpha value is -2.08. The SMILES string of the molecule is C=CCNC(=O)[C@@H](C)Sc1nnc(C2CC2)n1Cc1ccccc1. The van der Waals surface area contributed by atoms with Crippen LogP contribution in [0.4, 0.5) is 0 Å². The highest BCUT2D eigenvalue weighted by Crippen LogP contribution is 2.40. The van der Waals surface area contributed by atoms with Crippen molar-refractivity contribution >= 4 is 17.7 Å². The van der Waals surface area contributed by atoms with Crippen molar-refractivity contribution in [2.75, 3.05) is 6.54 Å². The van der Waals surface area contributed by atoms with Crippen molar-refractivity contribution in [1.82, 2.24) is 20.1 Å². The quantitative estimate of drug-likeness (QED) is 0.592. The molecule has 0 radical (unpaired) electrons. The van der Waals surface area contributed by atoms with Crippen LogP contribution >= 0.6 is 11.8 Å². The summed E-state index contributed by atoms with van der Waals surface area (Å²) in [7, 11) is 0. The molecule has 2 aromatic rings. The molecule has 3 rings (SSSR count). The second-order valence-corrected chi connectivity index (χ2v) is 7.29. The molecule has 126 valence electrons. The minimum Gasteiger partial charge on any atom is -0.352 e. The molecule has 24 heavy (non-hydrogen) atoms. The Kier molecular flexibility index (Phi) is 5.35. The Balaban J connectivity index is 1.77. The molecule has 1 amide bonds. The van der Waals surface area contributed by atoms with Crippen LogP contribution < -0.4 is 5.32 Å². The third-order valence-corrected chi connectivity index (χ3v) is 5.02. The second-order valence-electron chi connectivity index (χ2n) is 5.98. The van der Waals surface area contributed by atoms with Gasteiger partial charge in [0.2, 0.25) is 5.91 Å². The highest BCUT2D eigenvalue weighted by molar-refractivity contribution is 8.00. The summed E-state index contributed by atoms with van der Waals surface area (Å²) in [6.45, 7) is 6.73. The van der Waals surface area contributed by atoms with Gasteiger partial charge in [0.15, 0.2) is 5.16 Å². The highest BCUT2D eigenvalue weighted by Gasteiger charge is 2.31. The van der Waals surface area contributed by atoms with E-state index in [-0.39, 0.29) is 11.2 Å². The maximum absolute atomic E-state index is 12.1. The second kappa shape index (κ2) is 7.66. The highest BCUT2D eigenvalue weighted by atomic mass is 32.2. The number of carbonyl (C=O) groups excluding carboxylic acids is 1. The fraction of sp³-hybridized carbons (Fsp3) is 0.389. The molecule has 1 aromatic heterocycles. The molecule has 0 spiro atoms. The number of hydrogen-bond donors (Lipinski definition) is 1. The van der Waals surface area contributed by atoms with Gasteiger partial charge in [-0.15, -0.1) is 16.8 Å². The van der Waals surface area contributed by atoms with Gasteiger partial charge in [-0.3, -0.25) is 4.79 Å². The van der Waals surface area contributed by atoms with Crippen LogP contribution in [0.1, 0.15) is 37.1 Å². The molecule has 0 aliphatic heterocycles. The monoisotopic (exact) mass is 342 g/mol. The molecular formula is C18H22N4OS. The molecule has 1 aliphatic rings. The summed E-state index contributed by atoms with van der Waals surface area (Å²) in [6.07, 6.45) is 4.03. The van der Waals surface area contributed by atoms with Gasteiger partial charge in [-0.1, -0.05) is 48.2 Å². The van der Waals surface area contributed by atoms with Crippen LogP contribution in [-0.2, 0) is 11.3 Å². The van der Waals surface area contributed by atoms with Gasteiger partial charge in [-0.25, -0.2) is 0 Å². The van der Waals surface area contributed by atoms with E-state index < -0.39 is 0 Å². The van der Waals surface area contributed by atoms with Gasteiger partial charge < -0.3 is 9.88 Å². The minimum atomic E-state index is -0.226. The molecule has 0 bridgehead atoms. The zero-order valence-electron chi connectivity index (χ0n) is 13.8. The number of benzene rings is 1. The van der Waals surface area contributed by atoms with E-state index in [1.807, 2.05) is 25.1 Å². The van der Waals surface area contributed by atoms with E-state index in [0.29, 0.717) is 12.5 Å². The lowest BCUT2D eigenvalue weighted by atomic mass is 10.2. The lowest BCUT2D eigenvalue weighted by molar-refractivity contribution is -0.120. The van der Waals surface area contributed by atoms with E-state index in [9.17, 15) is 4.79 Å². The standard InChI is InChI=1S/C18H22N4OS/c1-3-11-19-17(23)13(2)24-18-21-20-16(15-9-10-15)22(18)12-14-7-5-4-6-8-14/h3-8,13,15H,1,9-12H2,2H3,(H,19,23)/t13-/m1/s1. The number of rotatable bonds is 8. The molecule has 6 heteroatoms. The number of thioether (sulfide) groups is 1. The molecule has 0 saturated heterocycles. The summed E-state index contributed by atoms with van der Waals surface area (Å²) in [6, 6.07) is 10.3. The summed E-state index contributed by atoms with van der Waals surface area (Å²) in [5.41, 5.74) is 1.21. The zero-order valence-corrected chi connectivity index (χ0v) is 14.6. The third-order valence-electron chi connectivity index (χ3n) is 3.94. The van der Waals surface area contributed by atoms with Crippen LogP contribution in [0.3, 0.4) is 0 Å². The first kappa shape index (κ1) is 16.8. The average Bonchev–Trinajstić information content (AvgIpc) is 3.37. The van der Waals surface area contributed by atoms with Crippen molar-refractivity contribution in [2.45, 2.75) is 42.6 Å². The van der Waals surface area contributed by atoms with Crippen LogP contribution in [0.2, 0.25) is 0 Å². The molecule has 1 saturated carbocycles. The fourth-order valence-electron chi connectivity index (χ4n) is 2.47. The molecular weight excluding hydrogens is 320 g/mol. The van der Waals surface area contributed by atoms with Crippen molar-refractivity contribution in [1.29, 1.82) is 0 Å². The number of aromatic nitrogens is 3. The smallest absolute Gasteiger partial charge is 0.233 e. The number of hydrogen-bond acceptors (Lipinski definition) is 4. The van der Waals surface area contributed by atoms with Gasteiger partial charge in [0.05, 0.1) is 11.8 Å². The summed E-state index contributed by atoms with van der Waals surface area (Å²) < 4.78 is 2.16. The first-order chi connectivity index (χ1) is 11.7. The van der Waals surface area contributed by atoms with Crippen molar-refractivity contribution in [3.05, 3.63) is 54.4 Å². The molecule has 1 atom stereocenters. The Morgan fingerprint density at radius 2 is 2.17 bits per heavy atom. The molecule has 1 fully saturated rings. The van der Waals surface area contributed by atoms with Crippen LogP contribution in [0, 0.1) is 0 Å². The predicted octanol–water partition coefficient (Wildman–Crippen LogP) is 2.99. The predicted molar refractivity (Wildman–Crippen MR) is 96.1 cm³/mol. The van der Waals surface area contributed by atoms with Crippen molar-refractivity contribution in [3.8, 4) is 0 Å². The first-order valence-electron chi connectivity index (χ1n) is 8.21. The van der Waals surface area contributed by atoms with E-state index in [4.69, 9.17) is 0 Å². The summed E-state index contributed by atoms with van der Waals surface area (Å²) >= 11 is 1.46. The number of amides is 1. The molecule has 1 aliphatic carbocycles. The van der Waals surface area contributed by atoms with E-state index in [2.05, 4.69) is 38.8 Å². The topological polar surface area (TPSA) is 59.8 Å². The first-order valence-corrected chi connectivity index (χ1v) is 9.09. The van der Waals surface area contributed by atoms with Gasteiger partial charge in [-0.2, -0.15) is 0 Å². The molecule has 1 N–H and O–H groups in total. The molecule has 5 nitrogen and oxygen atoms in total. The van der Waals surface area contributed by atoms with Crippen molar-refractivity contribution < 1.29 is 4.79 Å². The van der Waals surface area contributed by atoms with E-state index in [0.717, 1.165) is 17.5 Å². The average molecular weight is 342 g/mol. The van der Waals surface area contributed by atoms with Crippen LogP contribution in [-0.4, -0.2) is 32.5 Å². The lowest BCUT2D eigenvalue weighted by Gasteiger charge is -2.13. The van der Waals surface area contributed by atoms with Gasteiger partial charge in [-0.05, 0) is 25.3 Å². The maximum atomic E-state index is 12.1. The molecule has 1 heterocycles. The Bertz CT molecular complexity index is 709. The Morgan fingerprint density at radius 3 is 2.83 bits per heavy atom. The molecule has 0 unspecified atom stereocenters. The Labute approximate surface area is 146 Å². The maximum Gasteiger partial charge on any atom is 0.233 e. The Morgan fingerprint density at radius 1 is 1.42 bits per heavy atom. The number of carbonyl (C=O) groups is 1. The van der Waals surface area contributed by atoms with Crippen molar-refractivity contribution in [3.63, 3.8) is 0 Å². The largest absolute Gasteiger partial charge is 0.352 e. The van der Waals surface area contributed by atoms with Crippen LogP contribution in [0.5, 0.6) is 0 Å². The third kappa shape index (κ3) is 4.06. The summed E-state index contributed by atoms with van der Waals surface area (Å²) in [5, 5.41) is 12.2. The van der Waals surface area contributed by atoms with Gasteiger partial charge in [0.25, 0.3) is 0 Å².